The van der Waals surface area contributed by atoms with E-state index >= 15 is 0 Å². The second kappa shape index (κ2) is 9.24. The summed E-state index contributed by atoms with van der Waals surface area (Å²) in [6, 6.07) is 7.32. The summed E-state index contributed by atoms with van der Waals surface area (Å²) in [5.74, 6) is 0.620. The van der Waals surface area contributed by atoms with Crippen molar-refractivity contribution in [3.05, 3.63) is 29.8 Å². The van der Waals surface area contributed by atoms with Gasteiger partial charge in [0.2, 0.25) is 10.0 Å². The predicted molar refractivity (Wildman–Crippen MR) is 107 cm³/mol. The zero-order chi connectivity index (χ0) is 20.1. The molecule has 2 fully saturated rings. The number of carbonyl (C=O) groups is 1. The van der Waals surface area contributed by atoms with Gasteiger partial charge in [0.05, 0.1) is 6.26 Å². The molecule has 1 aromatic rings. The van der Waals surface area contributed by atoms with Gasteiger partial charge < -0.3 is 14.7 Å². The zero-order valence-electron chi connectivity index (χ0n) is 16.4. The van der Waals surface area contributed by atoms with Crippen molar-refractivity contribution in [3.8, 4) is 5.75 Å². The SMILES string of the molecule is CS(=O)(=O)N1CCC(Oc2cccc(C(=O)N3CCCCC3CCO)c2)CC1. The molecule has 0 radical (unpaired) electrons. The quantitative estimate of drug-likeness (QED) is 0.774. The van der Waals surface area contributed by atoms with E-state index in [9.17, 15) is 18.3 Å². The minimum absolute atomic E-state index is 0.0181. The monoisotopic (exact) mass is 410 g/mol. The number of aliphatic hydroxyl groups is 1. The van der Waals surface area contributed by atoms with Crippen molar-refractivity contribution in [2.24, 2.45) is 0 Å². The van der Waals surface area contributed by atoms with E-state index in [4.69, 9.17) is 4.74 Å². The summed E-state index contributed by atoms with van der Waals surface area (Å²) in [6.45, 7) is 1.72. The van der Waals surface area contributed by atoms with Gasteiger partial charge in [-0.25, -0.2) is 12.7 Å². The van der Waals surface area contributed by atoms with Gasteiger partial charge in [0.25, 0.3) is 5.91 Å². The highest BCUT2D eigenvalue weighted by Crippen LogP contribution is 2.25. The maximum atomic E-state index is 13.0. The first kappa shape index (κ1) is 21.1. The molecule has 0 spiro atoms. The molecule has 0 saturated carbocycles. The molecule has 8 heteroatoms. The lowest BCUT2D eigenvalue weighted by atomic mass is 9.98. The number of hydrogen-bond donors (Lipinski definition) is 1. The predicted octanol–water partition coefficient (Wildman–Crippen LogP) is 1.87. The summed E-state index contributed by atoms with van der Waals surface area (Å²) in [5.41, 5.74) is 0.593. The van der Waals surface area contributed by atoms with E-state index in [-0.39, 0.29) is 24.7 Å². The van der Waals surface area contributed by atoms with Crippen LogP contribution in [0.4, 0.5) is 0 Å². The van der Waals surface area contributed by atoms with Crippen molar-refractivity contribution in [2.45, 2.75) is 50.7 Å². The molecular formula is C20H30N2O5S. The number of benzene rings is 1. The fourth-order valence-corrected chi connectivity index (χ4v) is 4.93. The molecule has 1 atom stereocenters. The summed E-state index contributed by atoms with van der Waals surface area (Å²) in [4.78, 5) is 14.9. The van der Waals surface area contributed by atoms with Gasteiger partial charge >= 0.3 is 0 Å². The third kappa shape index (κ3) is 5.24. The van der Waals surface area contributed by atoms with Gasteiger partial charge in [0.1, 0.15) is 11.9 Å². The Kier molecular flexibility index (Phi) is 6.95. The van der Waals surface area contributed by atoms with Crippen LogP contribution in [-0.4, -0.2) is 73.3 Å². The van der Waals surface area contributed by atoms with Crippen LogP contribution in [0.15, 0.2) is 24.3 Å². The van der Waals surface area contributed by atoms with Crippen molar-refractivity contribution < 1.29 is 23.1 Å². The lowest BCUT2D eigenvalue weighted by molar-refractivity contribution is 0.0573. The van der Waals surface area contributed by atoms with E-state index in [1.165, 1.54) is 10.6 Å². The summed E-state index contributed by atoms with van der Waals surface area (Å²) >= 11 is 0. The average Bonchev–Trinajstić information content (AvgIpc) is 2.68. The molecule has 1 unspecified atom stereocenters. The number of likely N-dealkylation sites (tertiary alicyclic amines) is 1. The van der Waals surface area contributed by atoms with E-state index in [2.05, 4.69) is 0 Å². The van der Waals surface area contributed by atoms with Crippen molar-refractivity contribution in [2.75, 3.05) is 32.5 Å². The first-order chi connectivity index (χ1) is 13.4. The zero-order valence-corrected chi connectivity index (χ0v) is 17.2. The molecule has 0 aliphatic carbocycles. The number of sulfonamides is 1. The van der Waals surface area contributed by atoms with Gasteiger partial charge in [-0.05, 0) is 56.7 Å². The Hall–Kier alpha value is -1.64. The summed E-state index contributed by atoms with van der Waals surface area (Å²) in [7, 11) is -3.15. The Labute approximate surface area is 167 Å². The molecule has 1 aromatic carbocycles. The number of hydrogen-bond acceptors (Lipinski definition) is 5. The number of aliphatic hydroxyl groups excluding tert-OH is 1. The summed E-state index contributed by atoms with van der Waals surface area (Å²) in [6.07, 6.45) is 6.06. The number of amides is 1. The van der Waals surface area contributed by atoms with Gasteiger partial charge in [-0.3, -0.25) is 4.79 Å². The first-order valence-electron chi connectivity index (χ1n) is 10.0. The fourth-order valence-electron chi connectivity index (χ4n) is 4.06. The van der Waals surface area contributed by atoms with Gasteiger partial charge in [-0.15, -0.1) is 0 Å². The number of piperidine rings is 2. The first-order valence-corrected chi connectivity index (χ1v) is 11.9. The van der Waals surface area contributed by atoms with Crippen molar-refractivity contribution >= 4 is 15.9 Å². The van der Waals surface area contributed by atoms with Crippen LogP contribution < -0.4 is 4.74 Å². The second-order valence-corrected chi connectivity index (χ2v) is 9.65. The highest BCUT2D eigenvalue weighted by atomic mass is 32.2. The molecule has 3 rings (SSSR count). The van der Waals surface area contributed by atoms with Crippen molar-refractivity contribution in [1.82, 2.24) is 9.21 Å². The third-order valence-electron chi connectivity index (χ3n) is 5.60. The number of rotatable bonds is 6. The topological polar surface area (TPSA) is 87.2 Å². The van der Waals surface area contributed by atoms with Crippen LogP contribution in [0.3, 0.4) is 0 Å². The Morgan fingerprint density at radius 3 is 2.61 bits per heavy atom. The largest absolute Gasteiger partial charge is 0.490 e. The molecular weight excluding hydrogens is 380 g/mol. The number of carbonyl (C=O) groups excluding carboxylic acids is 1. The molecule has 7 nitrogen and oxygen atoms in total. The van der Waals surface area contributed by atoms with Gasteiger partial charge in [0.15, 0.2) is 0 Å². The number of nitrogens with zero attached hydrogens (tertiary/aromatic N) is 2. The maximum Gasteiger partial charge on any atom is 0.254 e. The van der Waals surface area contributed by atoms with E-state index in [0.29, 0.717) is 43.7 Å². The Balaban J connectivity index is 1.63. The highest BCUT2D eigenvalue weighted by Gasteiger charge is 2.28. The fraction of sp³-hybridized carbons (Fsp3) is 0.650. The van der Waals surface area contributed by atoms with Crippen molar-refractivity contribution in [1.29, 1.82) is 0 Å². The van der Waals surface area contributed by atoms with Crippen LogP contribution >= 0.6 is 0 Å². The Bertz CT molecular complexity index is 773. The molecule has 0 aromatic heterocycles. The molecule has 2 heterocycles. The minimum Gasteiger partial charge on any atom is -0.490 e. The van der Waals surface area contributed by atoms with Crippen LogP contribution in [0.2, 0.25) is 0 Å². The lowest BCUT2D eigenvalue weighted by Crippen LogP contribution is -2.44. The molecule has 0 bridgehead atoms. The van der Waals surface area contributed by atoms with Crippen LogP contribution in [0.5, 0.6) is 5.75 Å². The summed E-state index contributed by atoms with van der Waals surface area (Å²) in [5, 5.41) is 9.28. The van der Waals surface area contributed by atoms with E-state index in [1.54, 1.807) is 12.1 Å². The summed E-state index contributed by atoms with van der Waals surface area (Å²) < 4.78 is 30.8. The van der Waals surface area contributed by atoms with E-state index in [1.807, 2.05) is 17.0 Å². The van der Waals surface area contributed by atoms with E-state index in [0.717, 1.165) is 25.8 Å². The second-order valence-electron chi connectivity index (χ2n) is 7.67. The minimum atomic E-state index is -3.15. The van der Waals surface area contributed by atoms with Crippen LogP contribution in [0.25, 0.3) is 0 Å². The smallest absolute Gasteiger partial charge is 0.254 e. The van der Waals surface area contributed by atoms with Crippen LogP contribution in [0, 0.1) is 0 Å². The molecule has 28 heavy (non-hydrogen) atoms. The normalized spacial score (nSPS) is 22.2. The molecule has 156 valence electrons. The standard InChI is InChI=1S/C20H30N2O5S/c1-28(25,26)21-12-8-18(9-13-21)27-19-7-4-5-16(15-19)20(24)22-11-3-2-6-17(22)10-14-23/h4-5,7,15,17-18,23H,2-3,6,8-14H2,1H3. The highest BCUT2D eigenvalue weighted by molar-refractivity contribution is 7.88. The van der Waals surface area contributed by atoms with Crippen LogP contribution in [-0.2, 0) is 10.0 Å². The molecule has 1 amide bonds. The Morgan fingerprint density at radius 1 is 1.18 bits per heavy atom. The Morgan fingerprint density at radius 2 is 1.93 bits per heavy atom. The van der Waals surface area contributed by atoms with Gasteiger partial charge in [-0.1, -0.05) is 6.07 Å². The molecule has 2 aliphatic rings. The molecule has 1 N–H and O–H groups in total. The number of ether oxygens (including phenoxy) is 1. The third-order valence-corrected chi connectivity index (χ3v) is 6.91. The van der Waals surface area contributed by atoms with E-state index < -0.39 is 10.0 Å². The van der Waals surface area contributed by atoms with Crippen molar-refractivity contribution in [3.63, 3.8) is 0 Å². The lowest BCUT2D eigenvalue weighted by Gasteiger charge is -2.35. The maximum absolute atomic E-state index is 13.0. The molecule has 2 aliphatic heterocycles. The van der Waals surface area contributed by atoms with Gasteiger partial charge in [-0.2, -0.15) is 0 Å². The molecule has 2 saturated heterocycles. The van der Waals surface area contributed by atoms with Crippen LogP contribution in [0.1, 0.15) is 48.9 Å². The average molecular weight is 411 g/mol. The van der Waals surface area contributed by atoms with Gasteiger partial charge in [0, 0.05) is 37.8 Å².